The Hall–Kier alpha value is -3.19. The molecule has 32 heavy (non-hydrogen) atoms. The minimum Gasteiger partial charge on any atom is -0.449 e. The largest absolute Gasteiger partial charge is 0.449 e. The number of benzene rings is 3. The van der Waals surface area contributed by atoms with Crippen molar-refractivity contribution in [3.05, 3.63) is 95.1 Å². The normalized spacial score (nSPS) is 14.3. The molecule has 1 aliphatic rings. The number of alkyl carbamates (subject to hydrolysis) is 1. The summed E-state index contributed by atoms with van der Waals surface area (Å²) in [7, 11) is 1.84. The lowest BCUT2D eigenvalue weighted by molar-refractivity contribution is 0.0185. The number of amides is 1. The van der Waals surface area contributed by atoms with Crippen molar-refractivity contribution in [3.63, 3.8) is 0 Å². The summed E-state index contributed by atoms with van der Waals surface area (Å²) in [4.78, 5) is 12.3. The van der Waals surface area contributed by atoms with Gasteiger partial charge in [-0.25, -0.2) is 4.79 Å². The number of hydrogen-bond acceptors (Lipinski definition) is 5. The lowest BCUT2D eigenvalue weighted by Crippen LogP contribution is -2.36. The molecule has 0 saturated carbocycles. The van der Waals surface area contributed by atoms with Crippen LogP contribution >= 0.6 is 0 Å². The van der Waals surface area contributed by atoms with Gasteiger partial charge in [0, 0.05) is 19.0 Å². The summed E-state index contributed by atoms with van der Waals surface area (Å²) in [6.45, 7) is 0.743. The van der Waals surface area contributed by atoms with Gasteiger partial charge in [0.1, 0.15) is 18.8 Å². The van der Waals surface area contributed by atoms with Crippen LogP contribution in [0.15, 0.2) is 72.8 Å². The molecule has 0 bridgehead atoms. The van der Waals surface area contributed by atoms with E-state index in [2.05, 4.69) is 34.9 Å². The van der Waals surface area contributed by atoms with Crippen LogP contribution in [0, 0.1) is 0 Å². The molecule has 2 atom stereocenters. The highest BCUT2D eigenvalue weighted by Crippen LogP contribution is 2.44. The summed E-state index contributed by atoms with van der Waals surface area (Å²) in [5, 5.41) is 26.4. The third kappa shape index (κ3) is 4.67. The quantitative estimate of drug-likeness (QED) is 0.438. The van der Waals surface area contributed by atoms with E-state index in [-0.39, 0.29) is 19.1 Å². The van der Waals surface area contributed by atoms with Gasteiger partial charge in [-0.2, -0.15) is 0 Å². The van der Waals surface area contributed by atoms with E-state index in [1.165, 1.54) is 0 Å². The third-order valence-electron chi connectivity index (χ3n) is 5.84. The molecule has 4 N–H and O–H groups in total. The van der Waals surface area contributed by atoms with Gasteiger partial charge in [0.15, 0.2) is 0 Å². The second kappa shape index (κ2) is 9.96. The number of aliphatic hydroxyl groups is 2. The number of ether oxygens (including phenoxy) is 1. The Morgan fingerprint density at radius 1 is 0.969 bits per heavy atom. The first-order valence-electron chi connectivity index (χ1n) is 10.8. The highest BCUT2D eigenvalue weighted by Gasteiger charge is 2.29. The number of hydrogen-bond donors (Lipinski definition) is 4. The Kier molecular flexibility index (Phi) is 6.85. The first-order valence-corrected chi connectivity index (χ1v) is 10.8. The minimum atomic E-state index is -1.15. The summed E-state index contributed by atoms with van der Waals surface area (Å²) in [5.41, 5.74) is 6.20. The second-order valence-electron chi connectivity index (χ2n) is 7.99. The van der Waals surface area contributed by atoms with Gasteiger partial charge < -0.3 is 25.6 Å². The predicted molar refractivity (Wildman–Crippen MR) is 123 cm³/mol. The second-order valence-corrected chi connectivity index (χ2v) is 7.99. The van der Waals surface area contributed by atoms with Crippen LogP contribution in [0.1, 0.15) is 34.3 Å². The lowest BCUT2D eigenvalue weighted by atomic mass is 9.98. The third-order valence-corrected chi connectivity index (χ3v) is 5.84. The van der Waals surface area contributed by atoms with Gasteiger partial charge in [-0.05, 0) is 40.4 Å². The molecule has 0 spiro atoms. The molecule has 3 aromatic carbocycles. The van der Waals surface area contributed by atoms with Crippen molar-refractivity contribution in [2.45, 2.75) is 24.7 Å². The maximum absolute atomic E-state index is 12.3. The molecule has 6 nitrogen and oxygen atoms in total. The summed E-state index contributed by atoms with van der Waals surface area (Å²) < 4.78 is 5.48. The van der Waals surface area contributed by atoms with Crippen LogP contribution in [-0.2, 0) is 11.3 Å². The Morgan fingerprint density at radius 2 is 1.62 bits per heavy atom. The van der Waals surface area contributed by atoms with E-state index >= 15 is 0 Å². The van der Waals surface area contributed by atoms with Crippen molar-refractivity contribution in [1.82, 2.24) is 10.6 Å². The highest BCUT2D eigenvalue weighted by atomic mass is 16.5. The Morgan fingerprint density at radius 3 is 2.28 bits per heavy atom. The topological polar surface area (TPSA) is 90.8 Å². The molecule has 0 radical (unpaired) electrons. The number of nitrogens with one attached hydrogen (secondary N) is 2. The van der Waals surface area contributed by atoms with Crippen molar-refractivity contribution in [3.8, 4) is 11.1 Å². The standard InChI is InChI=1S/C26H28N2O4/c1-27-14-17-7-6-8-18(13-17)25(30)24(29)15-28-26(31)32-16-23-21-11-4-2-9-19(21)20-10-3-5-12-22(20)23/h2-13,23-25,27,29-30H,14-16H2,1H3,(H,28,31). The van der Waals surface area contributed by atoms with E-state index in [0.717, 1.165) is 27.8 Å². The molecule has 1 amide bonds. The molecule has 0 heterocycles. The van der Waals surface area contributed by atoms with Crippen molar-refractivity contribution in [2.75, 3.05) is 20.2 Å². The van der Waals surface area contributed by atoms with E-state index < -0.39 is 18.3 Å². The summed E-state index contributed by atoms with van der Waals surface area (Å²) in [6, 6.07) is 23.6. The SMILES string of the molecule is CNCc1cccc(C(O)C(O)CNC(=O)OCC2c3ccccc3-c3ccccc32)c1. The molecular weight excluding hydrogens is 404 g/mol. The molecule has 0 saturated heterocycles. The Bertz CT molecular complexity index is 1040. The zero-order valence-electron chi connectivity index (χ0n) is 18.0. The van der Waals surface area contributed by atoms with E-state index in [4.69, 9.17) is 4.74 Å². The lowest BCUT2D eigenvalue weighted by Gasteiger charge is -2.20. The van der Waals surface area contributed by atoms with E-state index in [1.807, 2.05) is 49.5 Å². The number of aliphatic hydroxyl groups excluding tert-OH is 2. The van der Waals surface area contributed by atoms with Crippen molar-refractivity contribution >= 4 is 6.09 Å². The first-order chi connectivity index (χ1) is 15.6. The van der Waals surface area contributed by atoms with Gasteiger partial charge in [0.25, 0.3) is 0 Å². The van der Waals surface area contributed by atoms with Crippen LogP contribution in [0.3, 0.4) is 0 Å². The van der Waals surface area contributed by atoms with Crippen molar-refractivity contribution < 1.29 is 19.7 Å². The fourth-order valence-corrected chi connectivity index (χ4v) is 4.26. The molecule has 0 aliphatic heterocycles. The maximum atomic E-state index is 12.3. The molecule has 0 fully saturated rings. The number of rotatable bonds is 8. The first kappa shape index (κ1) is 22.0. The Labute approximate surface area is 187 Å². The monoisotopic (exact) mass is 432 g/mol. The number of carbonyl (C=O) groups excluding carboxylic acids is 1. The minimum absolute atomic E-state index is 0.0291. The van der Waals surface area contributed by atoms with Gasteiger partial charge in [-0.3, -0.25) is 0 Å². The molecule has 4 rings (SSSR count). The van der Waals surface area contributed by atoms with Gasteiger partial charge in [0.2, 0.25) is 0 Å². The molecule has 2 unspecified atom stereocenters. The molecule has 6 heteroatoms. The summed E-state index contributed by atoms with van der Waals surface area (Å²) >= 11 is 0. The van der Waals surface area contributed by atoms with Crippen LogP contribution < -0.4 is 10.6 Å². The van der Waals surface area contributed by atoms with Crippen LogP contribution in [-0.4, -0.2) is 42.6 Å². The summed E-state index contributed by atoms with van der Waals surface area (Å²) in [6.07, 6.45) is -2.89. The Balaban J connectivity index is 1.32. The van der Waals surface area contributed by atoms with Crippen molar-refractivity contribution in [2.24, 2.45) is 0 Å². The zero-order valence-corrected chi connectivity index (χ0v) is 18.0. The molecule has 1 aliphatic carbocycles. The van der Waals surface area contributed by atoms with E-state index in [1.54, 1.807) is 6.07 Å². The summed E-state index contributed by atoms with van der Waals surface area (Å²) in [5.74, 6) is -0.0291. The number of carbonyl (C=O) groups is 1. The fourth-order valence-electron chi connectivity index (χ4n) is 4.26. The van der Waals surface area contributed by atoms with Crippen LogP contribution in [0.5, 0.6) is 0 Å². The molecular formula is C26H28N2O4. The van der Waals surface area contributed by atoms with Gasteiger partial charge >= 0.3 is 6.09 Å². The van der Waals surface area contributed by atoms with E-state index in [0.29, 0.717) is 12.1 Å². The fraction of sp³-hybridized carbons (Fsp3) is 0.269. The highest BCUT2D eigenvalue weighted by molar-refractivity contribution is 5.79. The smallest absolute Gasteiger partial charge is 0.407 e. The average Bonchev–Trinajstić information content (AvgIpc) is 3.15. The van der Waals surface area contributed by atoms with Crippen molar-refractivity contribution in [1.29, 1.82) is 0 Å². The number of fused-ring (bicyclic) bond motifs is 3. The predicted octanol–water partition coefficient (Wildman–Crippen LogP) is 3.34. The van der Waals surface area contributed by atoms with Gasteiger partial charge in [0.05, 0.1) is 0 Å². The van der Waals surface area contributed by atoms with Crippen LogP contribution in [0.2, 0.25) is 0 Å². The maximum Gasteiger partial charge on any atom is 0.407 e. The van der Waals surface area contributed by atoms with Crippen LogP contribution in [0.25, 0.3) is 11.1 Å². The molecule has 0 aromatic heterocycles. The zero-order chi connectivity index (χ0) is 22.5. The molecule has 166 valence electrons. The van der Waals surface area contributed by atoms with Crippen LogP contribution in [0.4, 0.5) is 4.79 Å². The van der Waals surface area contributed by atoms with Gasteiger partial charge in [-0.15, -0.1) is 0 Å². The molecule has 3 aromatic rings. The van der Waals surface area contributed by atoms with Gasteiger partial charge in [-0.1, -0.05) is 72.8 Å². The average molecular weight is 433 g/mol. The van der Waals surface area contributed by atoms with E-state index in [9.17, 15) is 15.0 Å².